The monoisotopic (exact) mass is 203 g/mol. The van der Waals surface area contributed by atoms with Crippen molar-refractivity contribution in [1.29, 1.82) is 0 Å². The summed E-state index contributed by atoms with van der Waals surface area (Å²) in [6.07, 6.45) is 8.66. The first kappa shape index (κ1) is 8.77. The van der Waals surface area contributed by atoms with Gasteiger partial charge in [0.2, 0.25) is 0 Å². The molecule has 0 bridgehead atoms. The molecule has 0 N–H and O–H groups in total. The maximum atomic E-state index is 5.21. The van der Waals surface area contributed by atoms with Crippen LogP contribution in [-0.4, -0.2) is 4.98 Å². The van der Waals surface area contributed by atoms with Gasteiger partial charge in [-0.05, 0) is 30.4 Å². The van der Waals surface area contributed by atoms with Crippen molar-refractivity contribution in [2.24, 2.45) is 0 Å². The highest BCUT2D eigenvalue weighted by Gasteiger charge is 2.21. The Kier molecular flexibility index (Phi) is 2.09. The second-order valence-electron chi connectivity index (χ2n) is 4.02. The van der Waals surface area contributed by atoms with E-state index in [1.807, 2.05) is 12.3 Å². The molecule has 1 saturated carbocycles. The van der Waals surface area contributed by atoms with Crippen LogP contribution in [0.1, 0.15) is 42.7 Å². The van der Waals surface area contributed by atoms with Gasteiger partial charge in [-0.3, -0.25) is 4.98 Å². The smallest absolute Gasteiger partial charge is 0.283 e. The molecule has 15 heavy (non-hydrogen) atoms. The fourth-order valence-corrected chi connectivity index (χ4v) is 1.92. The Morgan fingerprint density at radius 1 is 1.13 bits per heavy atom. The lowest BCUT2D eigenvalue weighted by atomic mass is 9.81. The van der Waals surface area contributed by atoms with Crippen molar-refractivity contribution in [3.8, 4) is 0 Å². The summed E-state index contributed by atoms with van der Waals surface area (Å²) in [6.45, 7) is 0. The van der Waals surface area contributed by atoms with E-state index in [1.165, 1.54) is 24.8 Å². The lowest BCUT2D eigenvalue weighted by molar-refractivity contribution is -0.0279. The van der Waals surface area contributed by atoms with Crippen LogP contribution in [0.2, 0.25) is 0 Å². The molecule has 0 unspecified atom stereocenters. The molecule has 1 aliphatic carbocycles. The van der Waals surface area contributed by atoms with Crippen LogP contribution in [0.15, 0.2) is 30.9 Å². The summed E-state index contributed by atoms with van der Waals surface area (Å²) < 4.78 is 10.4. The van der Waals surface area contributed by atoms with Crippen molar-refractivity contribution < 1.29 is 9.47 Å². The van der Waals surface area contributed by atoms with Gasteiger partial charge >= 0.3 is 0 Å². The van der Waals surface area contributed by atoms with Crippen LogP contribution in [0.3, 0.4) is 0 Å². The van der Waals surface area contributed by atoms with Crippen LogP contribution >= 0.6 is 0 Å². The van der Waals surface area contributed by atoms with Crippen LogP contribution in [0.5, 0.6) is 0 Å². The van der Waals surface area contributed by atoms with Gasteiger partial charge in [0.05, 0.1) is 0 Å². The van der Waals surface area contributed by atoms with E-state index in [0.29, 0.717) is 0 Å². The van der Waals surface area contributed by atoms with E-state index >= 15 is 0 Å². The van der Waals surface area contributed by atoms with Crippen LogP contribution < -0.4 is 0 Å². The minimum Gasteiger partial charge on any atom is -0.454 e. The molecular formula is C12H13NO2. The minimum atomic E-state index is -0.347. The van der Waals surface area contributed by atoms with Crippen molar-refractivity contribution in [2.75, 3.05) is 0 Å². The molecule has 1 aromatic rings. The van der Waals surface area contributed by atoms with E-state index in [-0.39, 0.29) is 6.29 Å². The normalized spacial score (nSPS) is 20.8. The van der Waals surface area contributed by atoms with Crippen molar-refractivity contribution in [1.82, 2.24) is 4.98 Å². The molecule has 78 valence electrons. The van der Waals surface area contributed by atoms with E-state index in [9.17, 15) is 0 Å². The topological polar surface area (TPSA) is 31.4 Å². The second kappa shape index (κ2) is 3.57. The highest BCUT2D eigenvalue weighted by Crippen LogP contribution is 2.36. The Labute approximate surface area is 88.7 Å². The quantitative estimate of drug-likeness (QED) is 0.740. The minimum absolute atomic E-state index is 0.347. The molecule has 0 amide bonds. The predicted molar refractivity (Wildman–Crippen MR) is 54.9 cm³/mol. The van der Waals surface area contributed by atoms with Crippen LogP contribution in [0.25, 0.3) is 0 Å². The van der Waals surface area contributed by atoms with Crippen LogP contribution in [0, 0.1) is 0 Å². The molecular weight excluding hydrogens is 190 g/mol. The highest BCUT2D eigenvalue weighted by atomic mass is 16.7. The van der Waals surface area contributed by atoms with Gasteiger partial charge in [0.25, 0.3) is 6.29 Å². The number of hydrogen-bond acceptors (Lipinski definition) is 3. The van der Waals surface area contributed by atoms with Gasteiger partial charge in [-0.25, -0.2) is 0 Å². The van der Waals surface area contributed by atoms with Crippen LogP contribution in [0.4, 0.5) is 0 Å². The molecule has 0 radical (unpaired) electrons. The summed E-state index contributed by atoms with van der Waals surface area (Å²) in [7, 11) is 0. The molecule has 0 aromatic carbocycles. The fourth-order valence-electron chi connectivity index (χ4n) is 1.92. The number of nitrogens with zero attached hydrogens (tertiary/aromatic N) is 1. The third kappa shape index (κ3) is 1.58. The molecule has 0 saturated heterocycles. The molecule has 0 atom stereocenters. The molecule has 2 aliphatic rings. The Bertz CT molecular complexity index is 360. The Hall–Kier alpha value is -1.51. The lowest BCUT2D eigenvalue weighted by Crippen LogP contribution is -2.10. The zero-order valence-corrected chi connectivity index (χ0v) is 8.43. The largest absolute Gasteiger partial charge is 0.454 e. The lowest BCUT2D eigenvalue weighted by Gasteiger charge is -2.25. The molecule has 0 spiro atoms. The van der Waals surface area contributed by atoms with Crippen molar-refractivity contribution in [2.45, 2.75) is 31.5 Å². The summed E-state index contributed by atoms with van der Waals surface area (Å²) in [6, 6.07) is 4.13. The Balaban J connectivity index is 1.75. The van der Waals surface area contributed by atoms with Gasteiger partial charge in [-0.1, -0.05) is 12.5 Å². The Morgan fingerprint density at radius 2 is 1.93 bits per heavy atom. The summed E-state index contributed by atoms with van der Waals surface area (Å²) in [5.41, 5.74) is 2.18. The molecule has 1 aromatic heterocycles. The summed E-state index contributed by atoms with van der Waals surface area (Å²) >= 11 is 0. The third-order valence-corrected chi connectivity index (χ3v) is 3.09. The SMILES string of the molecule is C1=COC(c2ccc(C3CCC3)cn2)O1. The van der Waals surface area contributed by atoms with E-state index in [2.05, 4.69) is 11.1 Å². The molecule has 1 aliphatic heterocycles. The van der Waals surface area contributed by atoms with Gasteiger partial charge in [-0.15, -0.1) is 0 Å². The van der Waals surface area contributed by atoms with E-state index in [1.54, 1.807) is 12.5 Å². The van der Waals surface area contributed by atoms with Crippen molar-refractivity contribution in [3.63, 3.8) is 0 Å². The van der Waals surface area contributed by atoms with Gasteiger partial charge in [0, 0.05) is 6.20 Å². The van der Waals surface area contributed by atoms with E-state index in [0.717, 1.165) is 11.6 Å². The van der Waals surface area contributed by atoms with Crippen molar-refractivity contribution in [3.05, 3.63) is 42.1 Å². The zero-order chi connectivity index (χ0) is 10.1. The average Bonchev–Trinajstić information content (AvgIpc) is 2.69. The van der Waals surface area contributed by atoms with Gasteiger partial charge in [0.15, 0.2) is 0 Å². The first-order chi connectivity index (χ1) is 7.43. The number of rotatable bonds is 2. The molecule has 3 rings (SSSR count). The molecule has 2 heterocycles. The first-order valence-electron chi connectivity index (χ1n) is 5.35. The zero-order valence-electron chi connectivity index (χ0n) is 8.43. The maximum Gasteiger partial charge on any atom is 0.283 e. The highest BCUT2D eigenvalue weighted by molar-refractivity contribution is 5.20. The van der Waals surface area contributed by atoms with E-state index in [4.69, 9.17) is 9.47 Å². The number of aromatic nitrogens is 1. The molecule has 3 nitrogen and oxygen atoms in total. The number of ether oxygens (including phenoxy) is 2. The average molecular weight is 203 g/mol. The van der Waals surface area contributed by atoms with Gasteiger partial charge in [-0.2, -0.15) is 0 Å². The van der Waals surface area contributed by atoms with Gasteiger partial charge in [0.1, 0.15) is 18.2 Å². The third-order valence-electron chi connectivity index (χ3n) is 3.09. The summed E-state index contributed by atoms with van der Waals surface area (Å²) in [4.78, 5) is 4.37. The van der Waals surface area contributed by atoms with E-state index < -0.39 is 0 Å². The van der Waals surface area contributed by atoms with Crippen molar-refractivity contribution >= 4 is 0 Å². The summed E-state index contributed by atoms with van der Waals surface area (Å²) in [5, 5.41) is 0. The fraction of sp³-hybridized carbons (Fsp3) is 0.417. The van der Waals surface area contributed by atoms with Crippen LogP contribution in [-0.2, 0) is 9.47 Å². The summed E-state index contributed by atoms with van der Waals surface area (Å²) in [5.74, 6) is 0.732. The maximum absolute atomic E-state index is 5.21. The number of pyridine rings is 1. The molecule has 1 fully saturated rings. The number of hydrogen-bond donors (Lipinski definition) is 0. The first-order valence-corrected chi connectivity index (χ1v) is 5.35. The van der Waals surface area contributed by atoms with Gasteiger partial charge < -0.3 is 9.47 Å². The standard InChI is InChI=1S/C12H13NO2/c1-2-9(3-1)10-4-5-11(13-8-10)12-14-6-7-15-12/h4-9,12H,1-3H2. The Morgan fingerprint density at radius 3 is 2.47 bits per heavy atom. The second-order valence-corrected chi connectivity index (χ2v) is 4.02. The molecule has 3 heteroatoms. The predicted octanol–water partition coefficient (Wildman–Crippen LogP) is 2.87.